The maximum absolute atomic E-state index is 10.9. The van der Waals surface area contributed by atoms with E-state index in [1.165, 1.54) is 6.42 Å². The molecular weight excluding hydrogens is 166 g/mol. The minimum atomic E-state index is -0.605. The van der Waals surface area contributed by atoms with Crippen molar-refractivity contribution in [3.63, 3.8) is 0 Å². The van der Waals surface area contributed by atoms with Gasteiger partial charge in [0.15, 0.2) is 0 Å². The van der Waals surface area contributed by atoms with E-state index < -0.39 is 5.97 Å². The van der Waals surface area contributed by atoms with Crippen molar-refractivity contribution < 1.29 is 9.90 Å². The summed E-state index contributed by atoms with van der Waals surface area (Å²) in [5.41, 5.74) is 0. The minimum Gasteiger partial charge on any atom is -0.481 e. The highest BCUT2D eigenvalue weighted by Gasteiger charge is 2.30. The molecule has 0 bridgehead atoms. The van der Waals surface area contributed by atoms with Crippen LogP contribution < -0.4 is 0 Å². The van der Waals surface area contributed by atoms with Crippen molar-refractivity contribution in [1.29, 1.82) is 0 Å². The van der Waals surface area contributed by atoms with Crippen molar-refractivity contribution in [1.82, 2.24) is 4.90 Å². The van der Waals surface area contributed by atoms with Crippen molar-refractivity contribution in [3.05, 3.63) is 0 Å². The van der Waals surface area contributed by atoms with E-state index in [1.807, 2.05) is 14.1 Å². The Morgan fingerprint density at radius 2 is 2.00 bits per heavy atom. The van der Waals surface area contributed by atoms with E-state index in [0.29, 0.717) is 5.92 Å². The Morgan fingerprint density at radius 3 is 2.54 bits per heavy atom. The largest absolute Gasteiger partial charge is 0.481 e. The molecule has 2 atom stereocenters. The third-order valence-corrected chi connectivity index (χ3v) is 2.83. The van der Waals surface area contributed by atoms with Crippen LogP contribution >= 0.6 is 0 Å². The maximum atomic E-state index is 10.9. The van der Waals surface area contributed by atoms with E-state index in [2.05, 4.69) is 4.90 Å². The number of carbonyl (C=O) groups is 1. The van der Waals surface area contributed by atoms with Crippen LogP contribution in [0.3, 0.4) is 0 Å². The SMILES string of the molecule is CN(C)C[C@@H]1CCCC[C@@H]1C(=O)O. The topological polar surface area (TPSA) is 40.5 Å². The summed E-state index contributed by atoms with van der Waals surface area (Å²) in [6.45, 7) is 0.914. The lowest BCUT2D eigenvalue weighted by Gasteiger charge is -2.30. The van der Waals surface area contributed by atoms with Gasteiger partial charge in [-0.05, 0) is 32.9 Å². The quantitative estimate of drug-likeness (QED) is 0.723. The molecular formula is C10H19NO2. The summed E-state index contributed by atoms with van der Waals surface area (Å²) in [6.07, 6.45) is 4.23. The average molecular weight is 185 g/mol. The first-order chi connectivity index (χ1) is 6.11. The number of hydrogen-bond donors (Lipinski definition) is 1. The number of aliphatic carboxylic acids is 1. The Kier molecular flexibility index (Phi) is 3.72. The number of nitrogens with zero attached hydrogens (tertiary/aromatic N) is 1. The van der Waals surface area contributed by atoms with Gasteiger partial charge < -0.3 is 10.0 Å². The molecule has 0 radical (unpaired) electrons. The van der Waals surface area contributed by atoms with Crippen LogP contribution in [0.2, 0.25) is 0 Å². The van der Waals surface area contributed by atoms with Crippen LogP contribution in [-0.2, 0) is 4.79 Å². The van der Waals surface area contributed by atoms with Gasteiger partial charge in [0.2, 0.25) is 0 Å². The van der Waals surface area contributed by atoms with Gasteiger partial charge in [-0.15, -0.1) is 0 Å². The first-order valence-corrected chi connectivity index (χ1v) is 4.99. The van der Waals surface area contributed by atoms with E-state index in [0.717, 1.165) is 25.8 Å². The molecule has 13 heavy (non-hydrogen) atoms. The van der Waals surface area contributed by atoms with Crippen LogP contribution in [0.5, 0.6) is 0 Å². The van der Waals surface area contributed by atoms with Crippen LogP contribution in [0.15, 0.2) is 0 Å². The van der Waals surface area contributed by atoms with Crippen LogP contribution in [0.1, 0.15) is 25.7 Å². The Bertz CT molecular complexity index is 180. The van der Waals surface area contributed by atoms with Crippen LogP contribution in [0.4, 0.5) is 0 Å². The molecule has 0 aliphatic heterocycles. The van der Waals surface area contributed by atoms with Crippen molar-refractivity contribution in [2.24, 2.45) is 11.8 Å². The highest BCUT2D eigenvalue weighted by molar-refractivity contribution is 5.70. The summed E-state index contributed by atoms with van der Waals surface area (Å²) < 4.78 is 0. The van der Waals surface area contributed by atoms with Gasteiger partial charge in [0, 0.05) is 6.54 Å². The molecule has 1 saturated carbocycles. The van der Waals surface area contributed by atoms with Gasteiger partial charge in [-0.2, -0.15) is 0 Å². The highest BCUT2D eigenvalue weighted by atomic mass is 16.4. The third-order valence-electron chi connectivity index (χ3n) is 2.83. The molecule has 0 aromatic rings. The average Bonchev–Trinajstić information content (AvgIpc) is 2.03. The first kappa shape index (κ1) is 10.5. The molecule has 0 unspecified atom stereocenters. The third kappa shape index (κ3) is 2.99. The second-order valence-corrected chi connectivity index (χ2v) is 4.25. The zero-order chi connectivity index (χ0) is 9.84. The predicted octanol–water partition coefficient (Wildman–Crippen LogP) is 1.44. The molecule has 1 N–H and O–H groups in total. The van der Waals surface area contributed by atoms with Crippen molar-refractivity contribution in [2.75, 3.05) is 20.6 Å². The first-order valence-electron chi connectivity index (χ1n) is 4.99. The van der Waals surface area contributed by atoms with E-state index in [1.54, 1.807) is 0 Å². The molecule has 0 saturated heterocycles. The molecule has 1 rings (SSSR count). The number of rotatable bonds is 3. The second kappa shape index (κ2) is 4.61. The van der Waals surface area contributed by atoms with E-state index in [4.69, 9.17) is 5.11 Å². The van der Waals surface area contributed by atoms with E-state index in [9.17, 15) is 4.79 Å². The summed E-state index contributed by atoms with van der Waals surface area (Å²) in [5, 5.41) is 9.00. The fourth-order valence-corrected chi connectivity index (χ4v) is 2.22. The molecule has 3 nitrogen and oxygen atoms in total. The molecule has 1 aliphatic carbocycles. The maximum Gasteiger partial charge on any atom is 0.306 e. The molecule has 0 amide bonds. The van der Waals surface area contributed by atoms with Crippen molar-refractivity contribution in [3.8, 4) is 0 Å². The van der Waals surface area contributed by atoms with Gasteiger partial charge in [-0.3, -0.25) is 4.79 Å². The van der Waals surface area contributed by atoms with Crippen LogP contribution in [-0.4, -0.2) is 36.6 Å². The normalized spacial score (nSPS) is 29.2. The Morgan fingerprint density at radius 1 is 1.38 bits per heavy atom. The van der Waals surface area contributed by atoms with Crippen LogP contribution in [0.25, 0.3) is 0 Å². The van der Waals surface area contributed by atoms with Crippen molar-refractivity contribution >= 4 is 5.97 Å². The zero-order valence-corrected chi connectivity index (χ0v) is 8.49. The van der Waals surface area contributed by atoms with E-state index in [-0.39, 0.29) is 5.92 Å². The van der Waals surface area contributed by atoms with Gasteiger partial charge >= 0.3 is 5.97 Å². The number of hydrogen-bond acceptors (Lipinski definition) is 2. The molecule has 0 spiro atoms. The van der Waals surface area contributed by atoms with Crippen LogP contribution in [0, 0.1) is 11.8 Å². The smallest absolute Gasteiger partial charge is 0.306 e. The lowest BCUT2D eigenvalue weighted by molar-refractivity contribution is -0.145. The lowest BCUT2D eigenvalue weighted by atomic mass is 9.79. The number of carboxylic acid groups (broad SMARTS) is 1. The molecule has 76 valence electrons. The predicted molar refractivity (Wildman–Crippen MR) is 51.6 cm³/mol. The monoisotopic (exact) mass is 185 g/mol. The molecule has 0 heterocycles. The second-order valence-electron chi connectivity index (χ2n) is 4.25. The summed E-state index contributed by atoms with van der Waals surface area (Å²) >= 11 is 0. The lowest BCUT2D eigenvalue weighted by Crippen LogP contribution is -2.34. The summed E-state index contributed by atoms with van der Waals surface area (Å²) in [5.74, 6) is -0.344. The zero-order valence-electron chi connectivity index (χ0n) is 8.49. The fourth-order valence-electron chi connectivity index (χ4n) is 2.22. The summed E-state index contributed by atoms with van der Waals surface area (Å²) in [6, 6.07) is 0. The van der Waals surface area contributed by atoms with Gasteiger partial charge in [0.05, 0.1) is 5.92 Å². The van der Waals surface area contributed by atoms with Gasteiger partial charge in [0.25, 0.3) is 0 Å². The Hall–Kier alpha value is -0.570. The van der Waals surface area contributed by atoms with E-state index >= 15 is 0 Å². The molecule has 1 aliphatic rings. The number of carboxylic acids is 1. The Labute approximate surface area is 79.7 Å². The van der Waals surface area contributed by atoms with Gasteiger partial charge in [-0.1, -0.05) is 12.8 Å². The molecule has 0 aromatic heterocycles. The molecule has 0 aromatic carbocycles. The molecule has 3 heteroatoms. The van der Waals surface area contributed by atoms with Gasteiger partial charge in [-0.25, -0.2) is 0 Å². The summed E-state index contributed by atoms with van der Waals surface area (Å²) in [4.78, 5) is 13.0. The van der Waals surface area contributed by atoms with Gasteiger partial charge in [0.1, 0.15) is 0 Å². The molecule has 1 fully saturated rings. The highest BCUT2D eigenvalue weighted by Crippen LogP contribution is 2.30. The minimum absolute atomic E-state index is 0.101. The summed E-state index contributed by atoms with van der Waals surface area (Å²) in [7, 11) is 4.01. The fraction of sp³-hybridized carbons (Fsp3) is 0.900. The standard InChI is InChI=1S/C10H19NO2/c1-11(2)7-8-5-3-4-6-9(8)10(12)13/h8-9H,3-7H2,1-2H3,(H,12,13)/t8-,9-/m0/s1. The van der Waals surface area contributed by atoms with Crippen molar-refractivity contribution in [2.45, 2.75) is 25.7 Å². The Balaban J connectivity index is 2.51.